The van der Waals surface area contributed by atoms with Crippen molar-refractivity contribution in [2.24, 2.45) is 11.8 Å². The summed E-state index contributed by atoms with van der Waals surface area (Å²) in [6.45, 7) is 4.67. The topological polar surface area (TPSA) is 89.9 Å². The molecule has 1 saturated carbocycles. The third-order valence-corrected chi connectivity index (χ3v) is 4.66. The van der Waals surface area contributed by atoms with Gasteiger partial charge in [0.1, 0.15) is 5.78 Å². The predicted octanol–water partition coefficient (Wildman–Crippen LogP) is 4.05. The average Bonchev–Trinajstić information content (AvgIpc) is 2.96. The summed E-state index contributed by atoms with van der Waals surface area (Å²) < 4.78 is 9.97. The molecule has 6 nitrogen and oxygen atoms in total. The fraction of sp³-hybridized carbons (Fsp3) is 0.667. The standard InChI is InChI=1S/C21H32O6/c1-3-26-15-9-5-6-10-17-13-14-19(23)18(17)11-7-4-8-12-20(21(24)25)27-16(2)22/h6,10,12,17-18H,3-5,7-9,11,13-15H2,1-2H3,(H,24,25)/t17-,18+/m0/s1. The Kier molecular flexibility index (Phi) is 11.3. The van der Waals surface area contributed by atoms with E-state index in [1.54, 1.807) is 0 Å². The Hall–Kier alpha value is -1.95. The molecule has 6 heteroatoms. The molecule has 0 saturated heterocycles. The first kappa shape index (κ1) is 23.1. The lowest BCUT2D eigenvalue weighted by Crippen LogP contribution is -2.13. The predicted molar refractivity (Wildman–Crippen MR) is 102 cm³/mol. The van der Waals surface area contributed by atoms with Crippen LogP contribution in [0.25, 0.3) is 0 Å². The average molecular weight is 380 g/mol. The fourth-order valence-corrected chi connectivity index (χ4v) is 3.33. The minimum atomic E-state index is -1.24. The highest BCUT2D eigenvalue weighted by Crippen LogP contribution is 2.33. The van der Waals surface area contributed by atoms with Crippen LogP contribution in [-0.2, 0) is 23.9 Å². The van der Waals surface area contributed by atoms with Crippen LogP contribution in [0.2, 0.25) is 0 Å². The number of hydrogen-bond donors (Lipinski definition) is 1. The minimum Gasteiger partial charge on any atom is -0.475 e. The Labute approximate surface area is 161 Å². The molecule has 1 fully saturated rings. The van der Waals surface area contributed by atoms with Crippen molar-refractivity contribution in [1.29, 1.82) is 0 Å². The maximum absolute atomic E-state index is 12.1. The molecule has 1 N–H and O–H groups in total. The van der Waals surface area contributed by atoms with E-state index >= 15 is 0 Å². The number of carboxylic acids is 1. The van der Waals surface area contributed by atoms with Crippen molar-refractivity contribution in [2.45, 2.75) is 65.2 Å². The van der Waals surface area contributed by atoms with Gasteiger partial charge in [0.25, 0.3) is 0 Å². The zero-order valence-electron chi connectivity index (χ0n) is 16.4. The summed E-state index contributed by atoms with van der Waals surface area (Å²) in [5.74, 6) is -1.49. The number of unbranched alkanes of at least 4 members (excludes halogenated alkanes) is 3. The molecule has 0 aromatic rings. The third-order valence-electron chi connectivity index (χ3n) is 4.66. The van der Waals surface area contributed by atoms with E-state index in [0.717, 1.165) is 51.7 Å². The van der Waals surface area contributed by atoms with Crippen molar-refractivity contribution < 1.29 is 29.0 Å². The van der Waals surface area contributed by atoms with E-state index < -0.39 is 11.9 Å². The van der Waals surface area contributed by atoms with Crippen LogP contribution in [0.5, 0.6) is 0 Å². The van der Waals surface area contributed by atoms with Gasteiger partial charge in [-0.15, -0.1) is 0 Å². The Bertz CT molecular complexity index is 549. The Morgan fingerprint density at radius 3 is 2.67 bits per heavy atom. The van der Waals surface area contributed by atoms with Crippen LogP contribution in [-0.4, -0.2) is 36.0 Å². The zero-order valence-corrected chi connectivity index (χ0v) is 16.4. The van der Waals surface area contributed by atoms with Crippen LogP contribution in [0, 0.1) is 11.8 Å². The third kappa shape index (κ3) is 9.52. The number of carbonyl (C=O) groups excluding carboxylic acids is 2. The first-order chi connectivity index (χ1) is 13.0. The number of carbonyl (C=O) groups is 3. The molecule has 0 radical (unpaired) electrons. The van der Waals surface area contributed by atoms with Gasteiger partial charge in [-0.3, -0.25) is 9.59 Å². The second kappa shape index (κ2) is 13.3. The van der Waals surface area contributed by atoms with Crippen LogP contribution in [0.1, 0.15) is 65.2 Å². The van der Waals surface area contributed by atoms with E-state index in [1.165, 1.54) is 13.0 Å². The number of carboxylic acid groups (broad SMARTS) is 1. The quantitative estimate of drug-likeness (QED) is 0.170. The van der Waals surface area contributed by atoms with Crippen LogP contribution >= 0.6 is 0 Å². The molecule has 1 aliphatic carbocycles. The van der Waals surface area contributed by atoms with E-state index in [-0.39, 0.29) is 11.7 Å². The normalized spacial score (nSPS) is 20.4. The van der Waals surface area contributed by atoms with Gasteiger partial charge < -0.3 is 14.6 Å². The molecule has 0 amide bonds. The lowest BCUT2D eigenvalue weighted by molar-refractivity contribution is -0.146. The van der Waals surface area contributed by atoms with Gasteiger partial charge in [0, 0.05) is 32.5 Å². The molecule has 0 aliphatic heterocycles. The van der Waals surface area contributed by atoms with Crippen molar-refractivity contribution in [3.05, 3.63) is 24.0 Å². The van der Waals surface area contributed by atoms with E-state index in [4.69, 9.17) is 9.84 Å². The summed E-state index contributed by atoms with van der Waals surface area (Å²) in [6, 6.07) is 0. The van der Waals surface area contributed by atoms with Crippen molar-refractivity contribution >= 4 is 17.7 Å². The molecule has 1 rings (SSSR count). The molecule has 0 spiro atoms. The molecule has 27 heavy (non-hydrogen) atoms. The molecule has 2 atom stereocenters. The summed E-state index contributed by atoms with van der Waals surface area (Å²) in [4.78, 5) is 34.0. The van der Waals surface area contributed by atoms with Crippen molar-refractivity contribution in [3.63, 3.8) is 0 Å². The van der Waals surface area contributed by atoms with E-state index in [1.807, 2.05) is 6.92 Å². The van der Waals surface area contributed by atoms with Gasteiger partial charge in [-0.1, -0.05) is 18.6 Å². The summed E-state index contributed by atoms with van der Waals surface area (Å²) in [5, 5.41) is 8.97. The van der Waals surface area contributed by atoms with Gasteiger partial charge in [-0.2, -0.15) is 0 Å². The van der Waals surface area contributed by atoms with Crippen LogP contribution in [0.15, 0.2) is 24.0 Å². The Morgan fingerprint density at radius 2 is 2.00 bits per heavy atom. The van der Waals surface area contributed by atoms with Crippen molar-refractivity contribution in [2.75, 3.05) is 13.2 Å². The maximum atomic E-state index is 12.1. The molecular weight excluding hydrogens is 348 g/mol. The number of ketones is 1. The molecular formula is C21H32O6. The van der Waals surface area contributed by atoms with Crippen LogP contribution in [0.3, 0.4) is 0 Å². The van der Waals surface area contributed by atoms with Crippen molar-refractivity contribution in [1.82, 2.24) is 0 Å². The summed E-state index contributed by atoms with van der Waals surface area (Å²) in [6.07, 6.45) is 12.2. The molecule has 0 aromatic carbocycles. The van der Waals surface area contributed by atoms with Gasteiger partial charge in [0.2, 0.25) is 5.76 Å². The molecule has 0 heterocycles. The van der Waals surface area contributed by atoms with E-state index in [0.29, 0.717) is 24.5 Å². The van der Waals surface area contributed by atoms with Gasteiger partial charge >= 0.3 is 11.9 Å². The highest BCUT2D eigenvalue weighted by molar-refractivity contribution is 5.87. The summed E-state index contributed by atoms with van der Waals surface area (Å²) in [5.41, 5.74) is 0. The second-order valence-electron chi connectivity index (χ2n) is 6.79. The largest absolute Gasteiger partial charge is 0.475 e. The first-order valence-electron chi connectivity index (χ1n) is 9.84. The number of esters is 1. The minimum absolute atomic E-state index is 0.0736. The number of aliphatic carboxylic acids is 1. The van der Waals surface area contributed by atoms with Crippen molar-refractivity contribution in [3.8, 4) is 0 Å². The van der Waals surface area contributed by atoms with E-state index in [2.05, 4.69) is 16.9 Å². The second-order valence-corrected chi connectivity index (χ2v) is 6.79. The van der Waals surface area contributed by atoms with E-state index in [9.17, 15) is 14.4 Å². The highest BCUT2D eigenvalue weighted by Gasteiger charge is 2.32. The molecule has 1 aliphatic rings. The molecule has 0 aromatic heterocycles. The Morgan fingerprint density at radius 1 is 1.22 bits per heavy atom. The lowest BCUT2D eigenvalue weighted by atomic mass is 9.89. The first-order valence-corrected chi connectivity index (χ1v) is 9.84. The van der Waals surface area contributed by atoms with Gasteiger partial charge in [0.05, 0.1) is 0 Å². The number of ether oxygens (including phenoxy) is 2. The monoisotopic (exact) mass is 380 g/mol. The smallest absolute Gasteiger partial charge is 0.371 e. The molecule has 152 valence electrons. The van der Waals surface area contributed by atoms with Gasteiger partial charge in [-0.25, -0.2) is 4.79 Å². The number of Topliss-reactive ketones (excluding diaryl/α,β-unsaturated/α-hetero) is 1. The highest BCUT2D eigenvalue weighted by atomic mass is 16.6. The number of rotatable bonds is 13. The number of hydrogen-bond acceptors (Lipinski definition) is 5. The number of allylic oxidation sites excluding steroid dienone is 3. The van der Waals surface area contributed by atoms with Gasteiger partial charge in [-0.05, 0) is 57.4 Å². The Balaban J connectivity index is 2.36. The maximum Gasteiger partial charge on any atom is 0.371 e. The summed E-state index contributed by atoms with van der Waals surface area (Å²) in [7, 11) is 0. The summed E-state index contributed by atoms with van der Waals surface area (Å²) >= 11 is 0. The fourth-order valence-electron chi connectivity index (χ4n) is 3.33. The van der Waals surface area contributed by atoms with Gasteiger partial charge in [0.15, 0.2) is 0 Å². The lowest BCUT2D eigenvalue weighted by Gasteiger charge is -2.14. The van der Waals surface area contributed by atoms with Crippen LogP contribution in [0.4, 0.5) is 0 Å². The zero-order chi connectivity index (χ0) is 20.1. The SMILES string of the molecule is CCOCCCC=C[C@H]1CCC(=O)[C@@H]1CCCCC=C(OC(C)=O)C(=O)O. The molecule has 0 unspecified atom stereocenters. The molecule has 0 bridgehead atoms. The van der Waals surface area contributed by atoms with Crippen LogP contribution < -0.4 is 0 Å².